The highest BCUT2D eigenvalue weighted by Gasteiger charge is 2.21. The molecule has 0 aliphatic rings. The zero-order chi connectivity index (χ0) is 33.1. The summed E-state index contributed by atoms with van der Waals surface area (Å²) in [6.07, 6.45) is 2.14. The molecule has 0 aliphatic carbocycles. The lowest BCUT2D eigenvalue weighted by atomic mass is 10.1. The van der Waals surface area contributed by atoms with Crippen LogP contribution in [0.4, 0.5) is 11.4 Å². The monoisotopic (exact) mass is 657 g/mol. The Labute approximate surface area is 278 Å². The van der Waals surface area contributed by atoms with Crippen LogP contribution in [0.3, 0.4) is 0 Å². The number of methoxy groups -OCH3 is 1. The largest absolute Gasteiger partial charge is 0.495 e. The van der Waals surface area contributed by atoms with Crippen LogP contribution in [0.25, 0.3) is 6.08 Å². The van der Waals surface area contributed by atoms with Gasteiger partial charge in [0.25, 0.3) is 11.8 Å². The second-order valence-electron chi connectivity index (χ2n) is 10.1. The summed E-state index contributed by atoms with van der Waals surface area (Å²) in [5, 5.41) is 8.73. The fourth-order valence-electron chi connectivity index (χ4n) is 4.46. The topological polar surface area (TPSA) is 106 Å². The molecule has 10 heteroatoms. The van der Waals surface area contributed by atoms with E-state index in [9.17, 15) is 14.4 Å². The van der Waals surface area contributed by atoms with Gasteiger partial charge in [-0.05, 0) is 74.4 Å². The standard InChI is InChI=1S/C36H36ClN3O5S/c1-5-33(36(43)39-29-19-23(3)28(37)22-32(29)44-4)46-27-17-12-16-26(21-27)38-35(42)30(40-34(41)24-13-8-7-9-14-24)20-25-15-10-11-18-31(25)45-6-2/h7-22,33H,5-6H2,1-4H3,(H,38,42)(H,39,43)(H,40,41)/b30-20+. The van der Waals surface area contributed by atoms with Crippen LogP contribution >= 0.6 is 23.4 Å². The van der Waals surface area contributed by atoms with Crippen molar-refractivity contribution < 1.29 is 23.9 Å². The summed E-state index contributed by atoms with van der Waals surface area (Å²) in [4.78, 5) is 40.8. The molecular weight excluding hydrogens is 622 g/mol. The molecule has 0 heterocycles. The summed E-state index contributed by atoms with van der Waals surface area (Å²) in [5.74, 6) is -0.0838. The van der Waals surface area contributed by atoms with Crippen LogP contribution in [0.1, 0.15) is 41.8 Å². The molecule has 0 aliphatic heterocycles. The average molecular weight is 658 g/mol. The van der Waals surface area contributed by atoms with Crippen molar-refractivity contribution in [2.75, 3.05) is 24.4 Å². The molecule has 0 radical (unpaired) electrons. The summed E-state index contributed by atoms with van der Waals surface area (Å²) < 4.78 is 11.1. The van der Waals surface area contributed by atoms with E-state index in [0.717, 1.165) is 10.5 Å². The molecule has 0 saturated carbocycles. The van der Waals surface area contributed by atoms with Crippen molar-refractivity contribution in [3.63, 3.8) is 0 Å². The van der Waals surface area contributed by atoms with Gasteiger partial charge in [0.15, 0.2) is 0 Å². The minimum absolute atomic E-state index is 0.0390. The van der Waals surface area contributed by atoms with Crippen molar-refractivity contribution in [1.29, 1.82) is 0 Å². The number of benzene rings is 4. The van der Waals surface area contributed by atoms with Crippen LogP contribution in [0.5, 0.6) is 11.5 Å². The summed E-state index contributed by atoms with van der Waals surface area (Å²) in [6, 6.07) is 26.6. The molecule has 0 spiro atoms. The Kier molecular flexibility index (Phi) is 12.3. The van der Waals surface area contributed by atoms with Gasteiger partial charge in [0, 0.05) is 32.8 Å². The summed E-state index contributed by atoms with van der Waals surface area (Å²) in [6.45, 7) is 6.10. The SMILES string of the molecule is CCOc1ccccc1/C=C(/NC(=O)c1ccccc1)C(=O)Nc1cccc(SC(CC)C(=O)Nc2cc(C)c(Cl)cc2OC)c1. The van der Waals surface area contributed by atoms with Crippen molar-refractivity contribution in [1.82, 2.24) is 5.32 Å². The van der Waals surface area contributed by atoms with Gasteiger partial charge >= 0.3 is 0 Å². The highest BCUT2D eigenvalue weighted by atomic mass is 35.5. The molecule has 4 aromatic rings. The van der Waals surface area contributed by atoms with Gasteiger partial charge in [-0.15, -0.1) is 11.8 Å². The number of thioether (sulfide) groups is 1. The Balaban J connectivity index is 1.54. The van der Waals surface area contributed by atoms with E-state index in [4.69, 9.17) is 21.1 Å². The van der Waals surface area contributed by atoms with Gasteiger partial charge in [-0.25, -0.2) is 0 Å². The number of hydrogen-bond donors (Lipinski definition) is 3. The summed E-state index contributed by atoms with van der Waals surface area (Å²) >= 11 is 7.60. The number of aryl methyl sites for hydroxylation is 1. The van der Waals surface area contributed by atoms with Crippen LogP contribution in [0, 0.1) is 6.92 Å². The highest BCUT2D eigenvalue weighted by molar-refractivity contribution is 8.00. The number of ether oxygens (including phenoxy) is 2. The molecule has 1 unspecified atom stereocenters. The van der Waals surface area contributed by atoms with Crippen LogP contribution in [-0.2, 0) is 9.59 Å². The van der Waals surface area contributed by atoms with E-state index < -0.39 is 17.1 Å². The first kappa shape index (κ1) is 34.1. The number of amides is 3. The second kappa shape index (κ2) is 16.5. The van der Waals surface area contributed by atoms with E-state index in [1.165, 1.54) is 18.9 Å². The lowest BCUT2D eigenvalue weighted by Gasteiger charge is -2.18. The quantitative estimate of drug-likeness (QED) is 0.0995. The molecule has 46 heavy (non-hydrogen) atoms. The zero-order valence-electron chi connectivity index (χ0n) is 26.1. The van der Waals surface area contributed by atoms with E-state index in [1.807, 2.05) is 45.0 Å². The van der Waals surface area contributed by atoms with Crippen molar-refractivity contribution >= 4 is 58.5 Å². The number of rotatable bonds is 13. The molecule has 0 aromatic heterocycles. The van der Waals surface area contributed by atoms with Crippen molar-refractivity contribution in [2.24, 2.45) is 0 Å². The van der Waals surface area contributed by atoms with Gasteiger partial charge in [-0.3, -0.25) is 14.4 Å². The lowest BCUT2D eigenvalue weighted by Crippen LogP contribution is -2.30. The predicted octanol–water partition coefficient (Wildman–Crippen LogP) is 7.97. The third-order valence-electron chi connectivity index (χ3n) is 6.82. The third kappa shape index (κ3) is 9.15. The van der Waals surface area contributed by atoms with Crippen LogP contribution in [0.2, 0.25) is 5.02 Å². The predicted molar refractivity (Wildman–Crippen MR) is 186 cm³/mol. The molecule has 4 aromatic carbocycles. The molecule has 4 rings (SSSR count). The maximum atomic E-state index is 13.6. The molecular formula is C36H36ClN3O5S. The fourth-order valence-corrected chi connectivity index (χ4v) is 5.63. The summed E-state index contributed by atoms with van der Waals surface area (Å²) in [7, 11) is 1.52. The average Bonchev–Trinajstić information content (AvgIpc) is 3.06. The van der Waals surface area contributed by atoms with E-state index in [-0.39, 0.29) is 11.6 Å². The van der Waals surface area contributed by atoms with Crippen molar-refractivity contribution in [3.05, 3.63) is 118 Å². The molecule has 8 nitrogen and oxygen atoms in total. The van der Waals surface area contributed by atoms with E-state index >= 15 is 0 Å². The fraction of sp³-hybridized carbons (Fsp3) is 0.194. The van der Waals surface area contributed by atoms with E-state index in [0.29, 0.717) is 52.1 Å². The highest BCUT2D eigenvalue weighted by Crippen LogP contribution is 2.33. The van der Waals surface area contributed by atoms with E-state index in [1.54, 1.807) is 72.8 Å². The van der Waals surface area contributed by atoms with Gasteiger partial charge in [-0.2, -0.15) is 0 Å². The molecule has 1 atom stereocenters. The molecule has 0 bridgehead atoms. The third-order valence-corrected chi connectivity index (χ3v) is 8.58. The Hall–Kier alpha value is -4.73. The molecule has 3 amide bonds. The number of carbonyl (C=O) groups is 3. The van der Waals surface area contributed by atoms with Crippen LogP contribution in [0.15, 0.2) is 102 Å². The van der Waals surface area contributed by atoms with Gasteiger partial charge in [0.05, 0.1) is 24.7 Å². The number of para-hydroxylation sites is 1. The first-order valence-electron chi connectivity index (χ1n) is 14.7. The number of carbonyl (C=O) groups excluding carboxylic acids is 3. The first-order valence-corrected chi connectivity index (χ1v) is 16.0. The second-order valence-corrected chi connectivity index (χ2v) is 11.8. The first-order chi connectivity index (χ1) is 22.2. The molecule has 3 N–H and O–H groups in total. The number of anilines is 2. The normalized spacial score (nSPS) is 11.7. The number of nitrogens with one attached hydrogen (secondary N) is 3. The van der Waals surface area contributed by atoms with E-state index in [2.05, 4.69) is 16.0 Å². The van der Waals surface area contributed by atoms with Crippen LogP contribution < -0.4 is 25.4 Å². The Morgan fingerprint density at radius 3 is 2.35 bits per heavy atom. The Morgan fingerprint density at radius 2 is 1.63 bits per heavy atom. The maximum Gasteiger partial charge on any atom is 0.272 e. The Bertz CT molecular complexity index is 1730. The lowest BCUT2D eigenvalue weighted by molar-refractivity contribution is -0.116. The minimum atomic E-state index is -0.521. The van der Waals surface area contributed by atoms with Gasteiger partial charge in [0.1, 0.15) is 17.2 Å². The van der Waals surface area contributed by atoms with Gasteiger partial charge < -0.3 is 25.4 Å². The molecule has 0 saturated heterocycles. The minimum Gasteiger partial charge on any atom is -0.495 e. The van der Waals surface area contributed by atoms with Crippen molar-refractivity contribution in [3.8, 4) is 11.5 Å². The smallest absolute Gasteiger partial charge is 0.272 e. The zero-order valence-corrected chi connectivity index (χ0v) is 27.6. The van der Waals surface area contributed by atoms with Gasteiger partial charge in [0.2, 0.25) is 5.91 Å². The van der Waals surface area contributed by atoms with Gasteiger partial charge in [-0.1, -0.05) is 61.0 Å². The Morgan fingerprint density at radius 1 is 0.891 bits per heavy atom. The molecule has 0 fully saturated rings. The van der Waals surface area contributed by atoms with Crippen LogP contribution in [-0.4, -0.2) is 36.7 Å². The molecule has 238 valence electrons. The number of hydrogen-bond acceptors (Lipinski definition) is 6. The summed E-state index contributed by atoms with van der Waals surface area (Å²) in [5.41, 5.74) is 2.94. The maximum absolute atomic E-state index is 13.6. The van der Waals surface area contributed by atoms with Crippen molar-refractivity contribution in [2.45, 2.75) is 37.3 Å². The number of halogens is 1.